The third-order valence-corrected chi connectivity index (χ3v) is 18.1. The molecule has 3 aromatic carbocycles. The molecule has 2 aliphatic heterocycles. The van der Waals surface area contributed by atoms with Crippen molar-refractivity contribution in [3.63, 3.8) is 0 Å². The highest BCUT2D eigenvalue weighted by Gasteiger charge is 2.31. The molecular formula is C53H56Br2ClN7O8S4. The number of piperidine rings is 2. The third kappa shape index (κ3) is 14.1. The summed E-state index contributed by atoms with van der Waals surface area (Å²) >= 11 is 10.3. The third-order valence-electron chi connectivity index (χ3n) is 12.1. The molecule has 10 rings (SSSR count). The van der Waals surface area contributed by atoms with Gasteiger partial charge in [-0.25, -0.2) is 45.3 Å². The molecule has 7 heterocycles. The van der Waals surface area contributed by atoms with Gasteiger partial charge in [-0.2, -0.15) is 0 Å². The number of aromatic amines is 1. The van der Waals surface area contributed by atoms with Crippen LogP contribution in [-0.4, -0.2) is 100 Å². The predicted octanol–water partition coefficient (Wildman–Crippen LogP) is 14.1. The second-order valence-electron chi connectivity index (χ2n) is 19.9. The largest absolute Gasteiger partial charge is 0.444 e. The van der Waals surface area contributed by atoms with E-state index in [1.807, 2.05) is 70.2 Å². The predicted molar refractivity (Wildman–Crippen MR) is 304 cm³/mol. The number of amides is 2. The Labute approximate surface area is 466 Å². The van der Waals surface area contributed by atoms with Crippen molar-refractivity contribution in [2.45, 2.75) is 100 Å². The summed E-state index contributed by atoms with van der Waals surface area (Å²) < 4.78 is 62.1. The molecule has 0 unspecified atom stereocenters. The van der Waals surface area contributed by atoms with Crippen LogP contribution in [0, 0.1) is 0 Å². The van der Waals surface area contributed by atoms with E-state index in [0.29, 0.717) is 54.4 Å². The molecule has 0 saturated carbocycles. The molecule has 2 amide bonds. The summed E-state index contributed by atoms with van der Waals surface area (Å²) in [4.78, 5) is 46.2. The Morgan fingerprint density at radius 2 is 1.15 bits per heavy atom. The van der Waals surface area contributed by atoms with Crippen molar-refractivity contribution in [3.05, 3.63) is 133 Å². The smallest absolute Gasteiger partial charge is 0.410 e. The number of nitrogens with zero attached hydrogens (tertiary/aromatic N) is 6. The summed E-state index contributed by atoms with van der Waals surface area (Å²) in [7, 11) is -2.34. The Kier molecular flexibility index (Phi) is 17.3. The number of aromatic nitrogens is 5. The van der Waals surface area contributed by atoms with Gasteiger partial charge in [-0.3, -0.25) is 0 Å². The minimum absolute atomic E-state index is 0.136. The number of nitrogens with one attached hydrogen (secondary N) is 1. The first kappa shape index (κ1) is 56.1. The number of pyridine rings is 1. The van der Waals surface area contributed by atoms with Crippen molar-refractivity contribution in [3.8, 4) is 22.5 Å². The Morgan fingerprint density at radius 1 is 0.667 bits per heavy atom. The second kappa shape index (κ2) is 23.2. The Bertz CT molecular complexity index is 3520. The van der Waals surface area contributed by atoms with Crippen LogP contribution < -0.4 is 0 Å². The number of H-pyrrole nitrogens is 1. The van der Waals surface area contributed by atoms with Crippen LogP contribution in [0.5, 0.6) is 0 Å². The Balaban J connectivity index is 0.000000172. The fourth-order valence-corrected chi connectivity index (χ4v) is 13.3. The molecule has 75 heavy (non-hydrogen) atoms. The summed E-state index contributed by atoms with van der Waals surface area (Å²) in [5.74, 6) is 0.623. The van der Waals surface area contributed by atoms with Gasteiger partial charge in [0.15, 0.2) is 5.65 Å². The number of ether oxygens (including phenoxy) is 2. The van der Waals surface area contributed by atoms with Gasteiger partial charge in [-0.15, -0.1) is 22.7 Å². The zero-order chi connectivity index (χ0) is 53.9. The van der Waals surface area contributed by atoms with E-state index in [4.69, 9.17) is 30.1 Å². The zero-order valence-electron chi connectivity index (χ0n) is 42.0. The number of halogens is 3. The van der Waals surface area contributed by atoms with Gasteiger partial charge in [0.1, 0.15) is 11.2 Å². The summed E-state index contributed by atoms with van der Waals surface area (Å²) in [6.07, 6.45) is 8.17. The van der Waals surface area contributed by atoms with Gasteiger partial charge in [-0.1, -0.05) is 52.3 Å². The standard InChI is InChI=1S/C26H27BrN4O4S2.C21H24BrN3O2S.C6H5ClO2S/c1-26(2,3)35-25(32)30-11-9-17(10-12-30)24-29-22(16-36-24)21-15-31(23-20(21)13-18(27)14-28-23)37(33,34)19-7-5-4-6-8-19;1-21(2,3)27-20(26)25-8-6-13(7-9-25)19-24-18(12-28-19)16-11-23-17-5-4-14(22)10-15(16)17;7-10(8,9)6-4-2-1-3-5-6/h4-8,13-17H,9-12H2,1-3H3;4-5,10-13,23H,6-9H2,1-3H3;1-5H. The number of benzene rings is 3. The summed E-state index contributed by atoms with van der Waals surface area (Å²) in [6, 6.07) is 24.3. The number of fused-ring (bicyclic) bond motifs is 2. The lowest BCUT2D eigenvalue weighted by Crippen LogP contribution is -2.41. The van der Waals surface area contributed by atoms with Gasteiger partial charge in [0.2, 0.25) is 0 Å². The van der Waals surface area contributed by atoms with E-state index < -0.39 is 30.3 Å². The molecule has 5 aromatic heterocycles. The zero-order valence-corrected chi connectivity index (χ0v) is 49.2. The van der Waals surface area contributed by atoms with Crippen LogP contribution in [0.2, 0.25) is 0 Å². The van der Waals surface area contributed by atoms with Gasteiger partial charge in [0.05, 0.1) is 31.2 Å². The number of hydrogen-bond acceptors (Lipinski definition) is 13. The quantitative estimate of drug-likeness (QED) is 0.150. The van der Waals surface area contributed by atoms with Crippen LogP contribution in [0.15, 0.2) is 133 Å². The number of carbonyl (C=O) groups excluding carboxylic acids is 2. The average molecular weight is 1240 g/mol. The molecule has 0 radical (unpaired) electrons. The lowest BCUT2D eigenvalue weighted by Gasteiger charge is -2.32. The van der Waals surface area contributed by atoms with Crippen LogP contribution in [0.25, 0.3) is 44.5 Å². The lowest BCUT2D eigenvalue weighted by atomic mass is 9.98. The molecule has 2 aliphatic rings. The molecule has 0 spiro atoms. The number of thiazole rings is 2. The maximum absolute atomic E-state index is 13.5. The normalized spacial score (nSPS) is 15.0. The van der Waals surface area contributed by atoms with Crippen LogP contribution in [0.1, 0.15) is 89.1 Å². The molecule has 1 N–H and O–H groups in total. The Hall–Kier alpha value is -5.16. The van der Waals surface area contributed by atoms with Crippen LogP contribution in [0.4, 0.5) is 9.59 Å². The van der Waals surface area contributed by atoms with E-state index in [1.54, 1.807) is 88.5 Å². The van der Waals surface area contributed by atoms with Gasteiger partial charge in [0, 0.05) is 114 Å². The highest BCUT2D eigenvalue weighted by atomic mass is 79.9. The summed E-state index contributed by atoms with van der Waals surface area (Å²) in [5.41, 5.74) is 4.05. The van der Waals surface area contributed by atoms with E-state index >= 15 is 0 Å². The molecule has 2 fully saturated rings. The van der Waals surface area contributed by atoms with Gasteiger partial charge in [-0.05, 0) is 132 Å². The number of likely N-dealkylation sites (tertiary alicyclic amines) is 2. The molecular weight excluding hydrogens is 1190 g/mol. The molecule has 0 aliphatic carbocycles. The number of rotatable bonds is 7. The molecule has 8 aromatic rings. The van der Waals surface area contributed by atoms with E-state index in [1.165, 1.54) is 21.5 Å². The summed E-state index contributed by atoms with van der Waals surface area (Å²) in [6.45, 7) is 14.0. The number of hydrogen-bond donors (Lipinski definition) is 1. The van der Waals surface area contributed by atoms with E-state index in [2.05, 4.69) is 59.3 Å². The minimum atomic E-state index is -3.84. The maximum atomic E-state index is 13.5. The van der Waals surface area contributed by atoms with Gasteiger partial charge < -0.3 is 24.3 Å². The first-order chi connectivity index (χ1) is 35.4. The van der Waals surface area contributed by atoms with Crippen molar-refractivity contribution in [2.24, 2.45) is 0 Å². The van der Waals surface area contributed by atoms with Crippen molar-refractivity contribution in [1.29, 1.82) is 0 Å². The van der Waals surface area contributed by atoms with E-state index in [9.17, 15) is 26.4 Å². The highest BCUT2D eigenvalue weighted by molar-refractivity contribution is 9.10. The molecule has 2 saturated heterocycles. The fraction of sp³-hybridized carbons (Fsp3) is 0.340. The highest BCUT2D eigenvalue weighted by Crippen LogP contribution is 2.39. The van der Waals surface area contributed by atoms with Crippen LogP contribution in [-0.2, 0) is 28.5 Å². The van der Waals surface area contributed by atoms with Crippen molar-refractivity contribution >= 4 is 118 Å². The van der Waals surface area contributed by atoms with Crippen molar-refractivity contribution in [1.82, 2.24) is 33.7 Å². The molecule has 0 bridgehead atoms. The molecule has 22 heteroatoms. The lowest BCUT2D eigenvalue weighted by molar-refractivity contribution is 0.0194. The van der Waals surface area contributed by atoms with Crippen molar-refractivity contribution < 1.29 is 35.9 Å². The second-order valence-corrected chi connectivity index (χ2v) is 27.9. The maximum Gasteiger partial charge on any atom is 0.410 e. The first-order valence-electron chi connectivity index (χ1n) is 24.0. The summed E-state index contributed by atoms with van der Waals surface area (Å²) in [5, 5.41) is 8.11. The number of carbonyl (C=O) groups is 2. The van der Waals surface area contributed by atoms with Crippen LogP contribution in [0.3, 0.4) is 0 Å². The van der Waals surface area contributed by atoms with Crippen molar-refractivity contribution in [2.75, 3.05) is 26.2 Å². The van der Waals surface area contributed by atoms with E-state index in [0.717, 1.165) is 61.4 Å². The SMILES string of the molecule is CC(C)(C)OC(=O)N1CCC(c2nc(-c3c[nH]c4ccc(Br)cc34)cs2)CC1.CC(C)(C)OC(=O)N1CCC(c2nc(-c3cn(S(=O)(=O)c4ccccc4)c4ncc(Br)cc34)cs2)CC1.O=S(=O)(Cl)c1ccccc1. The molecule has 15 nitrogen and oxygen atoms in total. The Morgan fingerprint density at radius 3 is 1.63 bits per heavy atom. The van der Waals surface area contributed by atoms with E-state index in [-0.39, 0.29) is 27.9 Å². The van der Waals surface area contributed by atoms with Gasteiger partial charge >= 0.3 is 12.2 Å². The van der Waals surface area contributed by atoms with Crippen LogP contribution >= 0.6 is 65.2 Å². The monoisotopic (exact) mass is 1240 g/mol. The fourth-order valence-electron chi connectivity index (χ4n) is 8.50. The molecule has 0 atom stereocenters. The van der Waals surface area contributed by atoms with Gasteiger partial charge in [0.25, 0.3) is 19.1 Å². The first-order valence-corrected chi connectivity index (χ1v) is 31.1. The molecule has 396 valence electrons. The average Bonchev–Trinajstić information content (AvgIpc) is 4.20. The minimum Gasteiger partial charge on any atom is -0.444 e. The topological polar surface area (TPSA) is 187 Å².